The van der Waals surface area contributed by atoms with Crippen molar-refractivity contribution in [3.63, 3.8) is 0 Å². The van der Waals surface area contributed by atoms with Gasteiger partial charge in [0.05, 0.1) is 10.5 Å². The Balaban J connectivity index is 2.43. The highest BCUT2D eigenvalue weighted by Crippen LogP contribution is 2.25. The standard InChI is InChI=1S/C16H8F5NO3/c1-7-2-3-8(6-10(7)22(24)25)11(23)5-4-9-12(17)14(19)16(21)15(20)13(9)18/h2-6H,1H3/b5-4+. The number of allylic oxidation sites excluding steroid dienone is 1. The Labute approximate surface area is 137 Å². The van der Waals surface area contributed by atoms with Crippen LogP contribution < -0.4 is 0 Å². The lowest BCUT2D eigenvalue weighted by atomic mass is 10.1. The monoisotopic (exact) mass is 357 g/mol. The third-order valence-corrected chi connectivity index (χ3v) is 3.34. The van der Waals surface area contributed by atoms with E-state index in [4.69, 9.17) is 0 Å². The van der Waals surface area contributed by atoms with E-state index >= 15 is 0 Å². The number of ketones is 1. The molecule has 130 valence electrons. The summed E-state index contributed by atoms with van der Waals surface area (Å²) in [6.45, 7) is 1.44. The van der Waals surface area contributed by atoms with Crippen LogP contribution >= 0.6 is 0 Å². The second kappa shape index (κ2) is 6.80. The molecule has 0 aliphatic carbocycles. The zero-order valence-electron chi connectivity index (χ0n) is 12.4. The minimum Gasteiger partial charge on any atom is -0.289 e. The smallest absolute Gasteiger partial charge is 0.273 e. The van der Waals surface area contributed by atoms with E-state index in [1.165, 1.54) is 19.1 Å². The van der Waals surface area contributed by atoms with Crippen molar-refractivity contribution >= 4 is 17.5 Å². The van der Waals surface area contributed by atoms with Gasteiger partial charge >= 0.3 is 0 Å². The van der Waals surface area contributed by atoms with E-state index < -0.39 is 45.4 Å². The van der Waals surface area contributed by atoms with Gasteiger partial charge in [0.25, 0.3) is 5.69 Å². The van der Waals surface area contributed by atoms with Gasteiger partial charge < -0.3 is 0 Å². The number of aryl methyl sites for hydroxylation is 1. The van der Waals surface area contributed by atoms with Crippen molar-refractivity contribution in [3.05, 3.63) is 80.2 Å². The van der Waals surface area contributed by atoms with Gasteiger partial charge in [0.2, 0.25) is 5.82 Å². The summed E-state index contributed by atoms with van der Waals surface area (Å²) in [7, 11) is 0. The molecular weight excluding hydrogens is 349 g/mol. The second-order valence-corrected chi connectivity index (χ2v) is 4.94. The molecule has 0 bridgehead atoms. The molecule has 0 radical (unpaired) electrons. The molecule has 25 heavy (non-hydrogen) atoms. The van der Waals surface area contributed by atoms with Crippen molar-refractivity contribution in [3.8, 4) is 0 Å². The molecule has 0 amide bonds. The van der Waals surface area contributed by atoms with Crippen molar-refractivity contribution in [2.45, 2.75) is 6.92 Å². The van der Waals surface area contributed by atoms with Crippen molar-refractivity contribution < 1.29 is 31.7 Å². The molecule has 0 aliphatic heterocycles. The number of halogens is 5. The maximum atomic E-state index is 13.5. The molecule has 2 aromatic rings. The number of hydrogen-bond acceptors (Lipinski definition) is 3. The number of benzene rings is 2. The third-order valence-electron chi connectivity index (χ3n) is 3.34. The number of rotatable bonds is 4. The van der Waals surface area contributed by atoms with Crippen molar-refractivity contribution in [2.24, 2.45) is 0 Å². The summed E-state index contributed by atoms with van der Waals surface area (Å²) in [6.07, 6.45) is 0.983. The fourth-order valence-electron chi connectivity index (χ4n) is 1.98. The van der Waals surface area contributed by atoms with E-state index in [1.807, 2.05) is 0 Å². The summed E-state index contributed by atoms with van der Waals surface area (Å²) in [6, 6.07) is 3.46. The lowest BCUT2D eigenvalue weighted by Gasteiger charge is -2.04. The Morgan fingerprint density at radius 1 is 1.00 bits per heavy atom. The SMILES string of the molecule is Cc1ccc(C(=O)/C=C/c2c(F)c(F)c(F)c(F)c2F)cc1[N+](=O)[O-]. The van der Waals surface area contributed by atoms with Gasteiger partial charge in [0.1, 0.15) is 0 Å². The van der Waals surface area contributed by atoms with Gasteiger partial charge in [-0.2, -0.15) is 0 Å². The summed E-state index contributed by atoms with van der Waals surface area (Å²) in [4.78, 5) is 22.1. The molecule has 4 nitrogen and oxygen atoms in total. The number of nitro groups is 1. The van der Waals surface area contributed by atoms with Crippen LogP contribution in [0.4, 0.5) is 27.6 Å². The Morgan fingerprint density at radius 2 is 1.52 bits per heavy atom. The van der Waals surface area contributed by atoms with Gasteiger partial charge in [-0.05, 0) is 19.1 Å². The van der Waals surface area contributed by atoms with E-state index in [0.717, 1.165) is 6.07 Å². The molecule has 0 saturated carbocycles. The summed E-state index contributed by atoms with van der Waals surface area (Å²) in [5.41, 5.74) is -1.54. The van der Waals surface area contributed by atoms with Crippen LogP contribution in [0.25, 0.3) is 6.08 Å². The average molecular weight is 357 g/mol. The zero-order chi connectivity index (χ0) is 18.9. The first kappa shape index (κ1) is 18.2. The highest BCUT2D eigenvalue weighted by Gasteiger charge is 2.24. The fraction of sp³-hybridized carbons (Fsp3) is 0.0625. The lowest BCUT2D eigenvalue weighted by molar-refractivity contribution is -0.385. The number of carbonyl (C=O) groups excluding carboxylic acids is 1. The Kier molecular flexibility index (Phi) is 4.96. The molecule has 0 atom stereocenters. The van der Waals surface area contributed by atoms with E-state index in [1.54, 1.807) is 0 Å². The molecule has 0 aromatic heterocycles. The van der Waals surface area contributed by atoms with Crippen LogP contribution in [0.1, 0.15) is 21.5 Å². The molecule has 2 rings (SSSR count). The molecule has 0 aliphatic rings. The summed E-state index contributed by atoms with van der Waals surface area (Å²) in [5.74, 6) is -11.7. The van der Waals surface area contributed by atoms with Gasteiger partial charge in [-0.25, -0.2) is 22.0 Å². The van der Waals surface area contributed by atoms with Crippen LogP contribution in [0.15, 0.2) is 24.3 Å². The van der Waals surface area contributed by atoms with E-state index in [2.05, 4.69) is 0 Å². The summed E-state index contributed by atoms with van der Waals surface area (Å²) >= 11 is 0. The van der Waals surface area contributed by atoms with Crippen LogP contribution in [0.5, 0.6) is 0 Å². The largest absolute Gasteiger partial charge is 0.289 e. The fourth-order valence-corrected chi connectivity index (χ4v) is 1.98. The van der Waals surface area contributed by atoms with Crippen molar-refractivity contribution in [2.75, 3.05) is 0 Å². The van der Waals surface area contributed by atoms with Gasteiger partial charge in [0.15, 0.2) is 29.1 Å². The van der Waals surface area contributed by atoms with Gasteiger partial charge in [-0.15, -0.1) is 0 Å². The van der Waals surface area contributed by atoms with E-state index in [9.17, 15) is 36.9 Å². The predicted octanol–water partition coefficient (Wildman–Crippen LogP) is 4.49. The van der Waals surface area contributed by atoms with Crippen LogP contribution in [-0.4, -0.2) is 10.7 Å². The predicted molar refractivity (Wildman–Crippen MR) is 77.4 cm³/mol. The van der Waals surface area contributed by atoms with Gasteiger partial charge in [0, 0.05) is 17.2 Å². The normalized spacial score (nSPS) is 11.1. The lowest BCUT2D eigenvalue weighted by Crippen LogP contribution is -2.04. The first-order valence-electron chi connectivity index (χ1n) is 6.64. The molecular formula is C16H8F5NO3. The molecule has 0 fully saturated rings. The van der Waals surface area contributed by atoms with Crippen LogP contribution in [0.2, 0.25) is 0 Å². The Bertz CT molecular complexity index is 895. The van der Waals surface area contributed by atoms with E-state index in [-0.39, 0.29) is 16.8 Å². The zero-order valence-corrected chi connectivity index (χ0v) is 12.4. The van der Waals surface area contributed by atoms with Crippen LogP contribution in [0.3, 0.4) is 0 Å². The minimum atomic E-state index is -2.31. The summed E-state index contributed by atoms with van der Waals surface area (Å²) in [5, 5.41) is 10.8. The van der Waals surface area contributed by atoms with Crippen LogP contribution in [-0.2, 0) is 0 Å². The number of nitrogens with zero attached hydrogens (tertiary/aromatic N) is 1. The topological polar surface area (TPSA) is 60.2 Å². The average Bonchev–Trinajstić information content (AvgIpc) is 2.58. The molecule has 0 unspecified atom stereocenters. The van der Waals surface area contributed by atoms with Crippen molar-refractivity contribution in [1.29, 1.82) is 0 Å². The van der Waals surface area contributed by atoms with Crippen molar-refractivity contribution in [1.82, 2.24) is 0 Å². The molecule has 0 spiro atoms. The first-order chi connectivity index (χ1) is 11.6. The highest BCUT2D eigenvalue weighted by molar-refractivity contribution is 6.07. The Morgan fingerprint density at radius 3 is 2.04 bits per heavy atom. The quantitative estimate of drug-likeness (QED) is 0.154. The second-order valence-electron chi connectivity index (χ2n) is 4.94. The maximum absolute atomic E-state index is 13.5. The first-order valence-corrected chi connectivity index (χ1v) is 6.64. The number of hydrogen-bond donors (Lipinski definition) is 0. The minimum absolute atomic E-state index is 0.183. The van der Waals surface area contributed by atoms with Crippen LogP contribution in [0, 0.1) is 46.1 Å². The highest BCUT2D eigenvalue weighted by atomic mass is 19.2. The maximum Gasteiger partial charge on any atom is 0.273 e. The number of nitro benzene ring substituents is 1. The van der Waals surface area contributed by atoms with E-state index in [0.29, 0.717) is 12.2 Å². The van der Waals surface area contributed by atoms with Gasteiger partial charge in [-0.3, -0.25) is 14.9 Å². The van der Waals surface area contributed by atoms with Gasteiger partial charge in [-0.1, -0.05) is 12.1 Å². The summed E-state index contributed by atoms with van der Waals surface area (Å²) < 4.78 is 66.1. The Hall–Kier alpha value is -3.10. The molecule has 0 N–H and O–H groups in total. The third kappa shape index (κ3) is 3.39. The molecule has 0 saturated heterocycles. The molecule has 2 aromatic carbocycles. The molecule has 9 heteroatoms. The molecule has 0 heterocycles. The number of carbonyl (C=O) groups is 1.